The molecule has 0 saturated heterocycles. The maximum absolute atomic E-state index is 12.2. The quantitative estimate of drug-likeness (QED) is 0.111. The Morgan fingerprint density at radius 1 is 0.941 bits per heavy atom. The molecule has 0 radical (unpaired) electrons. The van der Waals surface area contributed by atoms with Crippen LogP contribution in [0, 0.1) is 5.21 Å². The van der Waals surface area contributed by atoms with Crippen LogP contribution in [-0.2, 0) is 20.9 Å². The van der Waals surface area contributed by atoms with E-state index in [9.17, 15) is 24.7 Å². The molecular formula is C21H34ClN5O7. The van der Waals surface area contributed by atoms with E-state index in [1.165, 1.54) is 12.3 Å². The summed E-state index contributed by atoms with van der Waals surface area (Å²) >= 11 is 6.04. The van der Waals surface area contributed by atoms with Gasteiger partial charge in [0.1, 0.15) is 0 Å². The summed E-state index contributed by atoms with van der Waals surface area (Å²) in [5.74, 6) is -2.93. The molecule has 0 saturated carbocycles. The van der Waals surface area contributed by atoms with Gasteiger partial charge < -0.3 is 25.8 Å². The second-order valence-corrected chi connectivity index (χ2v) is 8.28. The molecule has 0 aromatic carbocycles. The van der Waals surface area contributed by atoms with Crippen LogP contribution in [-0.4, -0.2) is 113 Å². The number of halogens is 1. The number of carbonyl (C=O) groups is 3. The Kier molecular flexibility index (Phi) is 14.0. The van der Waals surface area contributed by atoms with E-state index < -0.39 is 17.9 Å². The van der Waals surface area contributed by atoms with Crippen molar-refractivity contribution in [3.8, 4) is 0 Å². The first-order valence-corrected chi connectivity index (χ1v) is 11.4. The molecule has 0 atom stereocenters. The van der Waals surface area contributed by atoms with Gasteiger partial charge in [-0.2, -0.15) is 4.73 Å². The van der Waals surface area contributed by atoms with Gasteiger partial charge in [-0.1, -0.05) is 18.5 Å². The number of pyridine rings is 1. The highest BCUT2D eigenvalue weighted by Crippen LogP contribution is 2.09. The minimum absolute atomic E-state index is 0.0964. The number of hydrogen-bond acceptors (Lipinski definition) is 8. The van der Waals surface area contributed by atoms with E-state index in [0.717, 1.165) is 6.42 Å². The molecule has 1 rings (SSSR count). The number of aromatic nitrogens is 1. The van der Waals surface area contributed by atoms with E-state index in [4.69, 9.17) is 21.8 Å². The second-order valence-electron chi connectivity index (χ2n) is 7.85. The zero-order chi connectivity index (χ0) is 25.5. The van der Waals surface area contributed by atoms with Crippen molar-refractivity contribution in [3.05, 3.63) is 34.3 Å². The monoisotopic (exact) mass is 503 g/mol. The van der Waals surface area contributed by atoms with Crippen molar-refractivity contribution >= 4 is 29.5 Å². The predicted octanol–water partition coefficient (Wildman–Crippen LogP) is -0.367. The molecule has 1 aromatic rings. The fourth-order valence-corrected chi connectivity index (χ4v) is 3.54. The van der Waals surface area contributed by atoms with Crippen LogP contribution in [0.15, 0.2) is 18.3 Å². The standard InChI is InChI=1S/C21H34ClN5O7/c1-2-5-24(15-20(30)31)8-10-26(14-18-12-17(22)3-6-27(18)34)11-9-25(16-21(32)33)7-4-23-13-19(28)29/h3,6,12,23H,2,4-5,7-11,13-16H2,1H3,(H,28,29)(H,30,31)(H,32,33). The molecule has 0 aliphatic rings. The van der Waals surface area contributed by atoms with Gasteiger partial charge in [-0.15, -0.1) is 0 Å². The minimum Gasteiger partial charge on any atom is -0.618 e. The largest absolute Gasteiger partial charge is 0.618 e. The van der Waals surface area contributed by atoms with E-state index in [0.29, 0.717) is 61.3 Å². The molecule has 12 nitrogen and oxygen atoms in total. The predicted molar refractivity (Wildman–Crippen MR) is 125 cm³/mol. The van der Waals surface area contributed by atoms with E-state index in [1.807, 2.05) is 16.7 Å². The van der Waals surface area contributed by atoms with E-state index in [2.05, 4.69) is 5.32 Å². The van der Waals surface area contributed by atoms with Crippen LogP contribution in [0.3, 0.4) is 0 Å². The molecule has 34 heavy (non-hydrogen) atoms. The highest BCUT2D eigenvalue weighted by molar-refractivity contribution is 6.30. The van der Waals surface area contributed by atoms with Crippen molar-refractivity contribution in [2.24, 2.45) is 0 Å². The summed E-state index contributed by atoms with van der Waals surface area (Å²) in [6, 6.07) is 3.05. The first-order chi connectivity index (χ1) is 16.1. The molecule has 13 heteroatoms. The lowest BCUT2D eigenvalue weighted by molar-refractivity contribution is -0.615. The first-order valence-electron chi connectivity index (χ1n) is 11.0. The Morgan fingerprint density at radius 2 is 1.50 bits per heavy atom. The topological polar surface area (TPSA) is 161 Å². The van der Waals surface area contributed by atoms with Crippen molar-refractivity contribution in [1.29, 1.82) is 0 Å². The van der Waals surface area contributed by atoms with Crippen LogP contribution >= 0.6 is 11.6 Å². The van der Waals surface area contributed by atoms with Gasteiger partial charge in [0.25, 0.3) is 0 Å². The molecule has 4 N–H and O–H groups in total. The SMILES string of the molecule is CCCN(CCN(CCN(CCNCC(=O)O)CC(=O)O)Cc1cc(Cl)cc[n+]1[O-])CC(=O)O. The maximum atomic E-state index is 12.2. The van der Waals surface area contributed by atoms with Gasteiger partial charge in [0.05, 0.1) is 31.2 Å². The van der Waals surface area contributed by atoms with Crippen LogP contribution in [0.2, 0.25) is 5.02 Å². The van der Waals surface area contributed by atoms with E-state index in [1.54, 1.807) is 11.0 Å². The molecule has 0 unspecified atom stereocenters. The van der Waals surface area contributed by atoms with Gasteiger partial charge >= 0.3 is 17.9 Å². The Bertz CT molecular complexity index is 799. The second kappa shape index (κ2) is 16.2. The van der Waals surface area contributed by atoms with Crippen LogP contribution in [0.25, 0.3) is 0 Å². The van der Waals surface area contributed by atoms with Gasteiger partial charge in [-0.3, -0.25) is 29.1 Å². The number of hydrogen-bond donors (Lipinski definition) is 4. The summed E-state index contributed by atoms with van der Waals surface area (Å²) in [7, 11) is 0. The minimum atomic E-state index is -1.01. The lowest BCUT2D eigenvalue weighted by Crippen LogP contribution is -2.45. The van der Waals surface area contributed by atoms with Crippen LogP contribution in [0.1, 0.15) is 19.0 Å². The van der Waals surface area contributed by atoms with Crippen molar-refractivity contribution in [2.45, 2.75) is 19.9 Å². The molecule has 0 amide bonds. The molecule has 1 heterocycles. The number of rotatable bonds is 19. The average Bonchev–Trinajstić information content (AvgIpc) is 2.74. The lowest BCUT2D eigenvalue weighted by atomic mass is 10.3. The van der Waals surface area contributed by atoms with E-state index in [-0.39, 0.29) is 26.2 Å². The molecule has 192 valence electrons. The zero-order valence-corrected chi connectivity index (χ0v) is 20.1. The average molecular weight is 504 g/mol. The molecule has 0 aliphatic carbocycles. The molecule has 0 aliphatic heterocycles. The van der Waals surface area contributed by atoms with Crippen LogP contribution < -0.4 is 10.0 Å². The summed E-state index contributed by atoms with van der Waals surface area (Å²) < 4.78 is 0.713. The van der Waals surface area contributed by atoms with Crippen molar-refractivity contribution < 1.29 is 34.4 Å². The fraction of sp³-hybridized carbons (Fsp3) is 0.619. The number of carboxylic acids is 3. The summed E-state index contributed by atoms with van der Waals surface area (Å²) in [5.41, 5.74) is 0.417. The summed E-state index contributed by atoms with van der Waals surface area (Å²) in [5, 5.41) is 42.5. The molecule has 0 fully saturated rings. The Morgan fingerprint density at radius 3 is 2.03 bits per heavy atom. The molecule has 0 spiro atoms. The number of nitrogens with one attached hydrogen (secondary N) is 1. The van der Waals surface area contributed by atoms with Crippen molar-refractivity contribution in [2.75, 3.05) is 65.4 Å². The zero-order valence-electron chi connectivity index (χ0n) is 19.4. The van der Waals surface area contributed by atoms with Crippen LogP contribution in [0.5, 0.6) is 0 Å². The molecular weight excluding hydrogens is 470 g/mol. The van der Waals surface area contributed by atoms with Gasteiger partial charge in [0, 0.05) is 51.4 Å². The fourth-order valence-electron chi connectivity index (χ4n) is 3.36. The van der Waals surface area contributed by atoms with Crippen molar-refractivity contribution in [3.63, 3.8) is 0 Å². The summed E-state index contributed by atoms with van der Waals surface area (Å²) in [6.07, 6.45) is 2.10. The summed E-state index contributed by atoms with van der Waals surface area (Å²) in [6.45, 7) is 4.58. The summed E-state index contributed by atoms with van der Waals surface area (Å²) in [4.78, 5) is 38.5. The van der Waals surface area contributed by atoms with Gasteiger partial charge in [0.15, 0.2) is 6.20 Å². The highest BCUT2D eigenvalue weighted by Gasteiger charge is 2.18. The third-order valence-electron chi connectivity index (χ3n) is 4.95. The third kappa shape index (κ3) is 13.3. The Labute approximate surface area is 203 Å². The highest BCUT2D eigenvalue weighted by atomic mass is 35.5. The number of aliphatic carboxylic acids is 3. The van der Waals surface area contributed by atoms with Crippen LogP contribution in [0.4, 0.5) is 0 Å². The number of nitrogens with zero attached hydrogens (tertiary/aromatic N) is 4. The lowest BCUT2D eigenvalue weighted by Gasteiger charge is -2.28. The van der Waals surface area contributed by atoms with Gasteiger partial charge in [-0.25, -0.2) is 0 Å². The van der Waals surface area contributed by atoms with Crippen molar-refractivity contribution in [1.82, 2.24) is 20.0 Å². The van der Waals surface area contributed by atoms with E-state index >= 15 is 0 Å². The van der Waals surface area contributed by atoms with Gasteiger partial charge in [-0.05, 0) is 13.0 Å². The maximum Gasteiger partial charge on any atom is 0.317 e. The molecule has 0 bridgehead atoms. The van der Waals surface area contributed by atoms with Gasteiger partial charge in [0.2, 0.25) is 5.69 Å². The first kappa shape index (κ1) is 29.5. The Balaban J connectivity index is 2.86. The Hall–Kier alpha value is -2.51. The smallest absolute Gasteiger partial charge is 0.317 e. The third-order valence-corrected chi connectivity index (χ3v) is 5.18. The normalized spacial score (nSPS) is 11.4. The number of carboxylic acid groups (broad SMARTS) is 3. The molecule has 1 aromatic heterocycles.